The van der Waals surface area contributed by atoms with Gasteiger partial charge >= 0.3 is 6.03 Å². The average molecular weight is 439 g/mol. The summed E-state index contributed by atoms with van der Waals surface area (Å²) in [6, 6.07) is 15.1. The van der Waals surface area contributed by atoms with Crippen molar-refractivity contribution in [1.29, 1.82) is 0 Å². The lowest BCUT2D eigenvalue weighted by atomic mass is 10.1. The van der Waals surface area contributed by atoms with E-state index in [0.29, 0.717) is 30.9 Å². The van der Waals surface area contributed by atoms with E-state index in [9.17, 15) is 22.8 Å². The Morgan fingerprint density at radius 1 is 0.906 bits per heavy atom. The van der Waals surface area contributed by atoms with Crippen LogP contribution in [-0.2, 0) is 6.54 Å². The molecule has 8 heteroatoms. The van der Waals surface area contributed by atoms with Gasteiger partial charge in [-0.05, 0) is 61.0 Å². The Labute approximate surface area is 183 Å². The number of benzene rings is 3. The normalized spacial score (nSPS) is 13.9. The van der Waals surface area contributed by atoms with Gasteiger partial charge in [-0.2, -0.15) is 0 Å². The van der Waals surface area contributed by atoms with Crippen LogP contribution in [0.15, 0.2) is 66.7 Å². The number of amides is 3. The minimum Gasteiger partial charge on any atom is -0.322 e. The summed E-state index contributed by atoms with van der Waals surface area (Å²) in [6.07, 6.45) is 0.661. The summed E-state index contributed by atoms with van der Waals surface area (Å²) < 4.78 is 41.2. The first-order valence-electron chi connectivity index (χ1n) is 10.1. The summed E-state index contributed by atoms with van der Waals surface area (Å²) in [7, 11) is 0. The Morgan fingerprint density at radius 2 is 1.66 bits per heavy atom. The minimum absolute atomic E-state index is 0.0320. The van der Waals surface area contributed by atoms with Crippen LogP contribution in [0.3, 0.4) is 0 Å². The zero-order chi connectivity index (χ0) is 22.7. The second-order valence-electron chi connectivity index (χ2n) is 7.43. The molecule has 32 heavy (non-hydrogen) atoms. The molecule has 3 aromatic carbocycles. The van der Waals surface area contributed by atoms with Crippen LogP contribution in [0.5, 0.6) is 0 Å². The van der Waals surface area contributed by atoms with Crippen LogP contribution in [0.25, 0.3) is 0 Å². The van der Waals surface area contributed by atoms with E-state index in [1.165, 1.54) is 23.1 Å². The molecule has 1 heterocycles. The summed E-state index contributed by atoms with van der Waals surface area (Å²) >= 11 is 0. The van der Waals surface area contributed by atoms with Crippen LogP contribution < -0.4 is 10.2 Å². The summed E-state index contributed by atoms with van der Waals surface area (Å²) in [6.45, 7) is 0.875. The van der Waals surface area contributed by atoms with Crippen molar-refractivity contribution in [2.24, 2.45) is 0 Å². The fourth-order valence-corrected chi connectivity index (χ4v) is 3.61. The van der Waals surface area contributed by atoms with Crippen molar-refractivity contribution in [3.63, 3.8) is 0 Å². The van der Waals surface area contributed by atoms with Gasteiger partial charge in [0.2, 0.25) is 0 Å². The van der Waals surface area contributed by atoms with Gasteiger partial charge in [-0.1, -0.05) is 12.1 Å². The number of urea groups is 1. The first-order valence-corrected chi connectivity index (χ1v) is 10.1. The van der Waals surface area contributed by atoms with Crippen molar-refractivity contribution in [3.8, 4) is 0 Å². The van der Waals surface area contributed by atoms with Crippen LogP contribution in [0.4, 0.5) is 29.3 Å². The molecular formula is C24H20F3N3O2. The van der Waals surface area contributed by atoms with E-state index in [4.69, 9.17) is 0 Å². The third-order valence-electron chi connectivity index (χ3n) is 5.24. The Morgan fingerprint density at radius 3 is 2.41 bits per heavy atom. The van der Waals surface area contributed by atoms with Gasteiger partial charge in [-0.25, -0.2) is 18.0 Å². The maximum absolute atomic E-state index is 14.0. The number of halogens is 3. The van der Waals surface area contributed by atoms with E-state index in [0.717, 1.165) is 18.2 Å². The minimum atomic E-state index is -0.615. The monoisotopic (exact) mass is 439 g/mol. The number of hydrogen-bond donors (Lipinski definition) is 1. The smallest absolute Gasteiger partial charge is 0.322 e. The molecule has 0 aromatic heterocycles. The predicted octanol–water partition coefficient (Wildman–Crippen LogP) is 5.19. The lowest BCUT2D eigenvalue weighted by Crippen LogP contribution is -2.49. The van der Waals surface area contributed by atoms with E-state index < -0.39 is 23.4 Å². The van der Waals surface area contributed by atoms with Crippen LogP contribution in [0.2, 0.25) is 0 Å². The zero-order valence-electron chi connectivity index (χ0n) is 17.0. The summed E-state index contributed by atoms with van der Waals surface area (Å²) in [5.41, 5.74) is 1.10. The highest BCUT2D eigenvalue weighted by Crippen LogP contribution is 2.24. The molecular weight excluding hydrogens is 419 g/mol. The Bertz CT molecular complexity index is 1150. The molecule has 0 radical (unpaired) electrons. The molecule has 1 saturated heterocycles. The Balaban J connectivity index is 1.45. The van der Waals surface area contributed by atoms with Crippen molar-refractivity contribution in [2.75, 3.05) is 23.3 Å². The molecule has 3 amide bonds. The van der Waals surface area contributed by atoms with E-state index in [-0.39, 0.29) is 23.7 Å². The van der Waals surface area contributed by atoms with Crippen molar-refractivity contribution >= 4 is 23.3 Å². The van der Waals surface area contributed by atoms with Crippen molar-refractivity contribution in [3.05, 3.63) is 95.3 Å². The molecule has 0 spiro atoms. The fourth-order valence-electron chi connectivity index (χ4n) is 3.61. The first-order chi connectivity index (χ1) is 15.4. The molecule has 0 unspecified atom stereocenters. The second-order valence-corrected chi connectivity index (χ2v) is 7.43. The first kappa shape index (κ1) is 21.4. The molecule has 1 aliphatic rings. The number of rotatable bonds is 5. The Kier molecular flexibility index (Phi) is 6.11. The number of carbonyl (C=O) groups excluding carboxylic acids is 2. The lowest BCUT2D eigenvalue weighted by Gasteiger charge is -2.35. The van der Waals surface area contributed by atoms with Gasteiger partial charge in [-0.3, -0.25) is 9.69 Å². The fraction of sp³-hybridized carbons (Fsp3) is 0.167. The number of nitrogens with zero attached hydrogens (tertiary/aromatic N) is 2. The summed E-state index contributed by atoms with van der Waals surface area (Å²) in [4.78, 5) is 28.2. The van der Waals surface area contributed by atoms with Crippen LogP contribution >= 0.6 is 0 Å². The highest BCUT2D eigenvalue weighted by atomic mass is 19.1. The Hall–Kier alpha value is -3.81. The molecule has 0 aliphatic carbocycles. The number of carbonyl (C=O) groups is 2. The molecule has 0 saturated carbocycles. The number of nitrogens with one attached hydrogen (secondary N) is 1. The molecule has 5 nitrogen and oxygen atoms in total. The third-order valence-corrected chi connectivity index (χ3v) is 5.24. The van der Waals surface area contributed by atoms with Gasteiger partial charge in [0.1, 0.15) is 17.5 Å². The number of hydrogen-bond acceptors (Lipinski definition) is 2. The maximum atomic E-state index is 14.0. The molecule has 164 valence electrons. The third kappa shape index (κ3) is 4.59. The SMILES string of the molecule is O=C(Nc1ccc(N2CCCN(Cc3cc(F)ccc3F)C2=O)cc1)c1ccccc1F. The van der Waals surface area contributed by atoms with Gasteiger partial charge in [0.15, 0.2) is 0 Å². The van der Waals surface area contributed by atoms with Crippen molar-refractivity contribution < 1.29 is 22.8 Å². The van der Waals surface area contributed by atoms with Crippen LogP contribution in [0.1, 0.15) is 22.3 Å². The highest BCUT2D eigenvalue weighted by Gasteiger charge is 2.27. The molecule has 1 fully saturated rings. The lowest BCUT2D eigenvalue weighted by molar-refractivity contribution is 0.102. The quantitative estimate of drug-likeness (QED) is 0.595. The topological polar surface area (TPSA) is 52.7 Å². The predicted molar refractivity (Wildman–Crippen MR) is 115 cm³/mol. The van der Waals surface area contributed by atoms with E-state index in [1.807, 2.05) is 0 Å². The molecule has 0 atom stereocenters. The molecule has 0 bridgehead atoms. The van der Waals surface area contributed by atoms with Crippen LogP contribution in [-0.4, -0.2) is 29.9 Å². The standard InChI is InChI=1S/C24H20F3N3O2/c25-17-6-11-21(26)16(14-17)15-29-12-3-13-30(24(29)32)19-9-7-18(8-10-19)28-23(31)20-4-1-2-5-22(20)27/h1-2,4-11,14H,3,12-13,15H2,(H,28,31). The van der Waals surface area contributed by atoms with Gasteiger partial charge < -0.3 is 10.2 Å². The largest absolute Gasteiger partial charge is 0.324 e. The van der Waals surface area contributed by atoms with Crippen molar-refractivity contribution in [1.82, 2.24) is 4.90 Å². The van der Waals surface area contributed by atoms with Crippen molar-refractivity contribution in [2.45, 2.75) is 13.0 Å². The second kappa shape index (κ2) is 9.13. The van der Waals surface area contributed by atoms with E-state index in [2.05, 4.69) is 5.32 Å². The number of anilines is 2. The summed E-state index contributed by atoms with van der Waals surface area (Å²) in [5.74, 6) is -2.31. The van der Waals surface area contributed by atoms with Gasteiger partial charge in [-0.15, -0.1) is 0 Å². The molecule has 3 aromatic rings. The molecule has 4 rings (SSSR count). The maximum Gasteiger partial charge on any atom is 0.324 e. The molecule has 1 N–H and O–H groups in total. The van der Waals surface area contributed by atoms with E-state index in [1.54, 1.807) is 35.2 Å². The highest BCUT2D eigenvalue weighted by molar-refractivity contribution is 6.04. The average Bonchev–Trinajstić information content (AvgIpc) is 2.78. The van der Waals surface area contributed by atoms with Gasteiger partial charge in [0, 0.05) is 30.0 Å². The summed E-state index contributed by atoms with van der Waals surface area (Å²) in [5, 5.41) is 2.62. The van der Waals surface area contributed by atoms with Gasteiger partial charge in [0.25, 0.3) is 5.91 Å². The zero-order valence-corrected chi connectivity index (χ0v) is 17.0. The molecule has 1 aliphatic heterocycles. The van der Waals surface area contributed by atoms with E-state index >= 15 is 0 Å². The van der Waals surface area contributed by atoms with Gasteiger partial charge in [0.05, 0.1) is 12.1 Å². The van der Waals surface area contributed by atoms with Crippen LogP contribution in [0, 0.1) is 17.5 Å².